The van der Waals surface area contributed by atoms with Gasteiger partial charge in [0.15, 0.2) is 29.2 Å². The first-order valence-corrected chi connectivity index (χ1v) is 28.6. The minimum atomic E-state index is -2.33. The molecule has 5 rings (SSSR count). The summed E-state index contributed by atoms with van der Waals surface area (Å²) in [5.41, 5.74) is 2.97. The molecule has 2 aliphatic rings. The Hall–Kier alpha value is -1.06. The van der Waals surface area contributed by atoms with Gasteiger partial charge in [-0.05, 0) is 53.0 Å². The lowest BCUT2D eigenvalue weighted by atomic mass is 9.97. The number of halogens is 2. The number of aliphatic hydroxyl groups is 1. The smallest absolute Gasteiger partial charge is 0.192 e. The Kier molecular flexibility index (Phi) is 17.3. The SMILES string of the molecule is CC(C)(C)[Si](C)(C)O[C@@H]1[C@@H](I)[C@H](O[C@H]2[C@H](OCc3ccccc3)[C@@H](OCc3ccccc3)[C@@H](O)O[C@@H]2COCc2ccccc2)O[C@H](CBr)[C@H]1O[Si](C)(C)C(C)(C)C. The van der Waals surface area contributed by atoms with Gasteiger partial charge in [-0.15, -0.1) is 0 Å². The van der Waals surface area contributed by atoms with E-state index in [9.17, 15) is 5.11 Å². The van der Waals surface area contributed by atoms with Gasteiger partial charge < -0.3 is 42.4 Å². The van der Waals surface area contributed by atoms with Crippen molar-refractivity contribution in [1.82, 2.24) is 0 Å². The standard InChI is InChI=1S/C45H66BrIO9Si2/c1-44(2,3)57(7,8)55-38-34(26-46)53-43(36(47)39(38)56-58(9,10)45(4,5)6)54-37-35(30-49-27-31-20-14-11-15-21-31)52-42(48)41(51-29-33-24-18-13-19-25-33)40(37)50-28-32-22-16-12-17-23-32/h11-25,34-43,48H,26-30H2,1-10H3/t34-,35-,36-,37-,38-,39-,40+,41-,42+,43+/m1/s1. The summed E-state index contributed by atoms with van der Waals surface area (Å²) < 4.78 is 54.6. The van der Waals surface area contributed by atoms with Crippen LogP contribution in [-0.4, -0.2) is 92.9 Å². The van der Waals surface area contributed by atoms with Crippen molar-refractivity contribution in [2.45, 2.75) is 157 Å². The van der Waals surface area contributed by atoms with Gasteiger partial charge in [0.05, 0.1) is 48.7 Å². The van der Waals surface area contributed by atoms with Crippen LogP contribution in [0.3, 0.4) is 0 Å². The predicted octanol–water partition coefficient (Wildman–Crippen LogP) is 10.2. The molecule has 13 heteroatoms. The van der Waals surface area contributed by atoms with Gasteiger partial charge in [0.1, 0.15) is 24.4 Å². The van der Waals surface area contributed by atoms with E-state index in [1.54, 1.807) is 0 Å². The average Bonchev–Trinajstić information content (AvgIpc) is 3.17. The highest BCUT2D eigenvalue weighted by Gasteiger charge is 2.56. The number of benzene rings is 3. The Labute approximate surface area is 371 Å². The number of hydrogen-bond donors (Lipinski definition) is 1. The van der Waals surface area contributed by atoms with E-state index in [1.807, 2.05) is 91.0 Å². The highest BCUT2D eigenvalue weighted by Crippen LogP contribution is 2.45. The summed E-state index contributed by atoms with van der Waals surface area (Å²) in [5.74, 6) is 0. The fraction of sp³-hybridized carbons (Fsp3) is 0.600. The van der Waals surface area contributed by atoms with Gasteiger partial charge in [-0.25, -0.2) is 0 Å². The van der Waals surface area contributed by atoms with Crippen LogP contribution in [0, 0.1) is 0 Å². The number of aliphatic hydroxyl groups excluding tert-OH is 1. The molecule has 0 unspecified atom stereocenters. The maximum absolute atomic E-state index is 11.7. The second-order valence-electron chi connectivity index (χ2n) is 18.5. The van der Waals surface area contributed by atoms with Gasteiger partial charge in [0.25, 0.3) is 0 Å². The fourth-order valence-electron chi connectivity index (χ4n) is 6.53. The molecule has 10 atom stereocenters. The van der Waals surface area contributed by atoms with Crippen molar-refractivity contribution in [1.29, 1.82) is 0 Å². The molecular formula is C45H66BrIO9Si2. The maximum atomic E-state index is 11.7. The largest absolute Gasteiger partial charge is 0.410 e. The molecule has 0 aliphatic carbocycles. The second kappa shape index (κ2) is 20.9. The van der Waals surface area contributed by atoms with Gasteiger partial charge in [-0.3, -0.25) is 0 Å². The molecular weight excluding hydrogens is 947 g/mol. The molecule has 9 nitrogen and oxygen atoms in total. The number of ether oxygens (including phenoxy) is 6. The molecule has 58 heavy (non-hydrogen) atoms. The van der Waals surface area contributed by atoms with Crippen molar-refractivity contribution >= 4 is 55.2 Å². The van der Waals surface area contributed by atoms with Crippen LogP contribution in [0.1, 0.15) is 58.2 Å². The van der Waals surface area contributed by atoms with E-state index in [4.69, 9.17) is 37.3 Å². The molecule has 2 aliphatic heterocycles. The van der Waals surface area contributed by atoms with Crippen molar-refractivity contribution < 1.29 is 42.4 Å². The van der Waals surface area contributed by atoms with E-state index in [2.05, 4.69) is 106 Å². The first-order chi connectivity index (χ1) is 27.3. The van der Waals surface area contributed by atoms with E-state index in [-0.39, 0.29) is 52.1 Å². The third-order valence-electron chi connectivity index (χ3n) is 12.1. The molecule has 0 radical (unpaired) electrons. The Morgan fingerprint density at radius 1 is 0.603 bits per heavy atom. The van der Waals surface area contributed by atoms with Crippen LogP contribution >= 0.6 is 38.5 Å². The molecule has 2 saturated heterocycles. The van der Waals surface area contributed by atoms with E-state index in [0.29, 0.717) is 11.9 Å². The molecule has 3 aromatic rings. The molecule has 0 amide bonds. The highest BCUT2D eigenvalue weighted by molar-refractivity contribution is 14.1. The first-order valence-electron chi connectivity index (χ1n) is 20.4. The molecule has 0 spiro atoms. The summed E-state index contributed by atoms with van der Waals surface area (Å²) in [5, 5.41) is 12.2. The zero-order chi connectivity index (χ0) is 42.3. The Balaban J connectivity index is 1.52. The van der Waals surface area contributed by atoms with Crippen LogP contribution in [0.5, 0.6) is 0 Å². The lowest BCUT2D eigenvalue weighted by Gasteiger charge is -2.53. The van der Waals surface area contributed by atoms with Crippen LogP contribution < -0.4 is 0 Å². The Morgan fingerprint density at radius 2 is 1.05 bits per heavy atom. The van der Waals surface area contributed by atoms with E-state index >= 15 is 0 Å². The number of rotatable bonds is 17. The fourth-order valence-corrected chi connectivity index (χ4v) is 10.9. The minimum Gasteiger partial charge on any atom is -0.410 e. The zero-order valence-corrected chi connectivity index (χ0v) is 41.7. The number of alkyl halides is 2. The van der Waals surface area contributed by atoms with Crippen molar-refractivity contribution in [3.63, 3.8) is 0 Å². The van der Waals surface area contributed by atoms with Crippen LogP contribution in [0.4, 0.5) is 0 Å². The molecule has 0 saturated carbocycles. The second-order valence-corrected chi connectivity index (χ2v) is 30.1. The quantitative estimate of drug-likeness (QED) is 0.0806. The molecule has 1 N–H and O–H groups in total. The molecule has 0 aromatic heterocycles. The molecule has 322 valence electrons. The van der Waals surface area contributed by atoms with Crippen molar-refractivity contribution in [2.24, 2.45) is 0 Å². The maximum Gasteiger partial charge on any atom is 0.192 e. The summed E-state index contributed by atoms with van der Waals surface area (Å²) in [6.07, 6.45) is -6.28. The van der Waals surface area contributed by atoms with Crippen LogP contribution in [0.25, 0.3) is 0 Å². The topological polar surface area (TPSA) is 94.1 Å². The minimum absolute atomic E-state index is 0.0230. The van der Waals surface area contributed by atoms with Crippen molar-refractivity contribution in [2.75, 3.05) is 11.9 Å². The molecule has 3 aromatic carbocycles. The van der Waals surface area contributed by atoms with Gasteiger partial charge in [-0.2, -0.15) is 0 Å². The lowest BCUT2D eigenvalue weighted by Crippen LogP contribution is -2.67. The van der Waals surface area contributed by atoms with Gasteiger partial charge in [0.2, 0.25) is 0 Å². The van der Waals surface area contributed by atoms with Crippen LogP contribution in [0.15, 0.2) is 91.0 Å². The summed E-state index contributed by atoms with van der Waals surface area (Å²) >= 11 is 6.25. The third kappa shape index (κ3) is 12.5. The van der Waals surface area contributed by atoms with Crippen LogP contribution in [-0.2, 0) is 57.1 Å². The highest BCUT2D eigenvalue weighted by atomic mass is 127. The lowest BCUT2D eigenvalue weighted by molar-refractivity contribution is -0.344. The van der Waals surface area contributed by atoms with Gasteiger partial charge in [0, 0.05) is 5.33 Å². The summed E-state index contributed by atoms with van der Waals surface area (Å²) in [4.78, 5) is 0. The molecule has 2 heterocycles. The first kappa shape index (κ1) is 48.0. The Bertz CT molecular complexity index is 1660. The van der Waals surface area contributed by atoms with Gasteiger partial charge in [-0.1, -0.05) is 171 Å². The van der Waals surface area contributed by atoms with E-state index in [0.717, 1.165) is 16.7 Å². The summed E-state index contributed by atoms with van der Waals surface area (Å²) in [7, 11) is -4.61. The van der Waals surface area contributed by atoms with E-state index < -0.39 is 53.6 Å². The monoisotopic (exact) mass is 1010 g/mol. The zero-order valence-electron chi connectivity index (χ0n) is 35.9. The Morgan fingerprint density at radius 3 is 1.52 bits per heavy atom. The van der Waals surface area contributed by atoms with Crippen molar-refractivity contribution in [3.05, 3.63) is 108 Å². The summed E-state index contributed by atoms with van der Waals surface area (Å²) in [6.45, 7) is 23.7. The molecule has 2 fully saturated rings. The third-order valence-corrected chi connectivity index (χ3v) is 22.9. The molecule has 0 bridgehead atoms. The van der Waals surface area contributed by atoms with Crippen molar-refractivity contribution in [3.8, 4) is 0 Å². The van der Waals surface area contributed by atoms with Gasteiger partial charge >= 0.3 is 0 Å². The predicted molar refractivity (Wildman–Crippen MR) is 246 cm³/mol. The summed E-state index contributed by atoms with van der Waals surface area (Å²) in [6, 6.07) is 29.8. The number of hydrogen-bond acceptors (Lipinski definition) is 9. The average molecular weight is 1010 g/mol. The normalized spacial score (nSPS) is 28.7. The van der Waals surface area contributed by atoms with Crippen LogP contribution in [0.2, 0.25) is 36.3 Å². The van der Waals surface area contributed by atoms with E-state index in [1.165, 1.54) is 0 Å².